The normalized spacial score (nSPS) is 17.2. The molecule has 0 saturated heterocycles. The second kappa shape index (κ2) is 7.45. The van der Waals surface area contributed by atoms with E-state index >= 15 is 0 Å². The van der Waals surface area contributed by atoms with Crippen LogP contribution < -0.4 is 4.90 Å². The Morgan fingerprint density at radius 3 is 3.00 bits per heavy atom. The number of nitrogens with zero attached hydrogens (tertiary/aromatic N) is 5. The average molecular weight is 365 g/mol. The monoisotopic (exact) mass is 365 g/mol. The van der Waals surface area contributed by atoms with Crippen molar-refractivity contribution in [2.24, 2.45) is 10.2 Å². The van der Waals surface area contributed by atoms with Gasteiger partial charge in [-0.15, -0.1) is 20.4 Å². The molecule has 128 valence electrons. The molecule has 7 nitrogen and oxygen atoms in total. The first-order chi connectivity index (χ1) is 11.6. The number of rotatable bonds is 5. The highest BCUT2D eigenvalue weighted by Gasteiger charge is 2.24. The van der Waals surface area contributed by atoms with Gasteiger partial charge in [0.25, 0.3) is 5.13 Å². The van der Waals surface area contributed by atoms with Crippen LogP contribution in [0.15, 0.2) is 22.4 Å². The van der Waals surface area contributed by atoms with Crippen molar-refractivity contribution < 1.29 is 10.2 Å². The fraction of sp³-hybridized carbons (Fsp3) is 0.467. The maximum Gasteiger partial charge on any atom is 0.253 e. The second-order valence-electron chi connectivity index (χ2n) is 5.62. The maximum atomic E-state index is 10.2. The molecule has 1 aliphatic rings. The standard InChI is InChI=1S/C15H19N5O2S2/c1-20(7-8-23)15-19-18-14(24-15)17-16-10-5-6-11(21)9-3-2-4-12(22)13(9)10/h5-6,12,21-23H,2-4,7-8H2,1H3. The zero-order valence-electron chi connectivity index (χ0n) is 13.3. The van der Waals surface area contributed by atoms with Crippen molar-refractivity contribution in [3.63, 3.8) is 0 Å². The van der Waals surface area contributed by atoms with E-state index in [0.717, 1.165) is 35.8 Å². The lowest BCUT2D eigenvalue weighted by atomic mass is 9.87. The molecule has 0 aliphatic heterocycles. The Labute approximate surface area is 149 Å². The van der Waals surface area contributed by atoms with Crippen LogP contribution in [0.1, 0.15) is 30.1 Å². The smallest absolute Gasteiger partial charge is 0.253 e. The van der Waals surface area contributed by atoms with Gasteiger partial charge in [-0.1, -0.05) is 11.3 Å². The number of fused-ring (bicyclic) bond motifs is 1. The van der Waals surface area contributed by atoms with Gasteiger partial charge in [0, 0.05) is 30.5 Å². The maximum absolute atomic E-state index is 10.2. The summed E-state index contributed by atoms with van der Waals surface area (Å²) < 4.78 is 0. The zero-order valence-corrected chi connectivity index (χ0v) is 15.0. The third-order valence-corrected chi connectivity index (χ3v) is 5.08. The van der Waals surface area contributed by atoms with E-state index in [1.54, 1.807) is 12.1 Å². The van der Waals surface area contributed by atoms with Crippen LogP contribution in [0.4, 0.5) is 16.0 Å². The molecule has 1 unspecified atom stereocenters. The van der Waals surface area contributed by atoms with Crippen LogP contribution in [-0.4, -0.2) is 39.8 Å². The first kappa shape index (κ1) is 17.1. The lowest BCUT2D eigenvalue weighted by Gasteiger charge is -2.23. The van der Waals surface area contributed by atoms with Crippen LogP contribution >= 0.6 is 24.0 Å². The van der Waals surface area contributed by atoms with Crippen molar-refractivity contribution in [3.8, 4) is 5.75 Å². The van der Waals surface area contributed by atoms with Gasteiger partial charge in [-0.05, 0) is 31.4 Å². The van der Waals surface area contributed by atoms with Crippen molar-refractivity contribution in [1.29, 1.82) is 0 Å². The molecule has 24 heavy (non-hydrogen) atoms. The number of benzene rings is 1. The number of aliphatic hydroxyl groups excluding tert-OH is 1. The van der Waals surface area contributed by atoms with Crippen molar-refractivity contribution in [3.05, 3.63) is 23.3 Å². The SMILES string of the molecule is CN(CCS)c1nnc(N=Nc2ccc(O)c3c2C(O)CCC3)s1. The number of hydrogen-bond donors (Lipinski definition) is 3. The molecule has 1 aromatic heterocycles. The van der Waals surface area contributed by atoms with E-state index in [4.69, 9.17) is 0 Å². The number of aliphatic hydroxyl groups is 1. The third-order valence-electron chi connectivity index (χ3n) is 3.96. The van der Waals surface area contributed by atoms with Crippen LogP contribution in [0, 0.1) is 0 Å². The first-order valence-electron chi connectivity index (χ1n) is 7.70. The number of phenols is 1. The van der Waals surface area contributed by atoms with Gasteiger partial charge in [-0.2, -0.15) is 12.6 Å². The second-order valence-corrected chi connectivity index (χ2v) is 7.00. The molecule has 0 spiro atoms. The van der Waals surface area contributed by atoms with Crippen LogP contribution in [-0.2, 0) is 6.42 Å². The highest BCUT2D eigenvalue weighted by Crippen LogP contribution is 2.41. The molecule has 1 aromatic carbocycles. The largest absolute Gasteiger partial charge is 0.508 e. The first-order valence-corrected chi connectivity index (χ1v) is 9.15. The molecule has 1 aliphatic carbocycles. The predicted octanol–water partition coefficient (Wildman–Crippen LogP) is 3.39. The number of azo groups is 1. The Bertz CT molecular complexity index is 749. The van der Waals surface area contributed by atoms with Crippen LogP contribution in [0.2, 0.25) is 0 Å². The van der Waals surface area contributed by atoms with Crippen molar-refractivity contribution >= 4 is 39.9 Å². The average Bonchev–Trinajstić information content (AvgIpc) is 3.04. The van der Waals surface area contributed by atoms with Gasteiger partial charge in [0.05, 0.1) is 11.8 Å². The van der Waals surface area contributed by atoms with E-state index in [-0.39, 0.29) is 5.75 Å². The number of hydrogen-bond acceptors (Lipinski definition) is 9. The molecule has 2 N–H and O–H groups in total. The molecule has 0 saturated carbocycles. The molecule has 9 heteroatoms. The molecule has 0 bridgehead atoms. The molecule has 2 aromatic rings. The number of aromatic nitrogens is 2. The van der Waals surface area contributed by atoms with Gasteiger partial charge in [0.15, 0.2) is 0 Å². The van der Waals surface area contributed by atoms with Crippen molar-refractivity contribution in [2.75, 3.05) is 24.2 Å². The van der Waals surface area contributed by atoms with Crippen LogP contribution in [0.25, 0.3) is 0 Å². The molecule has 0 radical (unpaired) electrons. The van der Waals surface area contributed by atoms with E-state index < -0.39 is 6.10 Å². The minimum absolute atomic E-state index is 0.203. The summed E-state index contributed by atoms with van der Waals surface area (Å²) in [7, 11) is 1.92. The molecule has 1 atom stereocenters. The molecule has 3 rings (SSSR count). The summed E-state index contributed by atoms with van der Waals surface area (Å²) in [4.78, 5) is 1.95. The third kappa shape index (κ3) is 3.52. The van der Waals surface area contributed by atoms with E-state index in [9.17, 15) is 10.2 Å². The Kier molecular flexibility index (Phi) is 5.32. The summed E-state index contributed by atoms with van der Waals surface area (Å²) in [5.41, 5.74) is 1.99. The van der Waals surface area contributed by atoms with E-state index in [1.807, 2.05) is 11.9 Å². The summed E-state index contributed by atoms with van der Waals surface area (Å²) in [5, 5.41) is 37.9. The van der Waals surface area contributed by atoms with Gasteiger partial charge in [0.2, 0.25) is 5.13 Å². The van der Waals surface area contributed by atoms with Gasteiger partial charge in [-0.3, -0.25) is 0 Å². The molecule has 0 fully saturated rings. The van der Waals surface area contributed by atoms with Gasteiger partial charge < -0.3 is 15.1 Å². The molecule has 0 amide bonds. The number of thiol groups is 1. The highest BCUT2D eigenvalue weighted by atomic mass is 32.1. The van der Waals surface area contributed by atoms with E-state index in [0.29, 0.717) is 22.8 Å². The minimum atomic E-state index is -0.624. The molecule has 1 heterocycles. The molecular formula is C15H19N5O2S2. The number of phenolic OH excluding ortho intramolecular Hbond substituents is 1. The lowest BCUT2D eigenvalue weighted by Crippen LogP contribution is -2.19. The topological polar surface area (TPSA) is 94.2 Å². The predicted molar refractivity (Wildman–Crippen MR) is 97.2 cm³/mol. The summed E-state index contributed by atoms with van der Waals surface area (Å²) in [6, 6.07) is 3.26. The van der Waals surface area contributed by atoms with Crippen molar-refractivity contribution in [2.45, 2.75) is 25.4 Å². The zero-order chi connectivity index (χ0) is 17.1. The van der Waals surface area contributed by atoms with E-state index in [1.165, 1.54) is 11.3 Å². The van der Waals surface area contributed by atoms with Crippen LogP contribution in [0.3, 0.4) is 0 Å². The quantitative estimate of drug-likeness (QED) is 0.558. The Morgan fingerprint density at radius 2 is 2.21 bits per heavy atom. The summed E-state index contributed by atoms with van der Waals surface area (Å²) >= 11 is 5.54. The highest BCUT2D eigenvalue weighted by molar-refractivity contribution is 7.80. The minimum Gasteiger partial charge on any atom is -0.508 e. The Hall–Kier alpha value is -1.71. The van der Waals surface area contributed by atoms with E-state index in [2.05, 4.69) is 33.1 Å². The summed E-state index contributed by atoms with van der Waals surface area (Å²) in [5.74, 6) is 0.930. The fourth-order valence-corrected chi connectivity index (χ4v) is 3.68. The number of anilines is 1. The molecular weight excluding hydrogens is 346 g/mol. The van der Waals surface area contributed by atoms with Gasteiger partial charge in [-0.25, -0.2) is 0 Å². The number of aromatic hydroxyl groups is 1. The van der Waals surface area contributed by atoms with Gasteiger partial charge in [0.1, 0.15) is 5.75 Å². The van der Waals surface area contributed by atoms with Gasteiger partial charge >= 0.3 is 0 Å². The summed E-state index contributed by atoms with van der Waals surface area (Å²) in [6.45, 7) is 0.770. The summed E-state index contributed by atoms with van der Waals surface area (Å²) in [6.07, 6.45) is 1.62. The van der Waals surface area contributed by atoms with Crippen LogP contribution in [0.5, 0.6) is 5.75 Å². The Balaban J connectivity index is 1.85. The lowest BCUT2D eigenvalue weighted by molar-refractivity contribution is 0.156. The Morgan fingerprint density at radius 1 is 1.38 bits per heavy atom. The fourth-order valence-electron chi connectivity index (χ4n) is 2.72. The van der Waals surface area contributed by atoms with Crippen molar-refractivity contribution in [1.82, 2.24) is 10.2 Å².